The first-order chi connectivity index (χ1) is 14.9. The lowest BCUT2D eigenvalue weighted by Crippen LogP contribution is -2.58. The second kappa shape index (κ2) is 7.39. The topological polar surface area (TPSA) is 86.7 Å². The van der Waals surface area contributed by atoms with Crippen LogP contribution < -0.4 is 0 Å². The molecule has 4 rings (SSSR count). The van der Waals surface area contributed by atoms with Gasteiger partial charge in [-0.15, -0.1) is 0 Å². The molecule has 7 unspecified atom stereocenters. The molecule has 0 aromatic rings. The van der Waals surface area contributed by atoms with Crippen molar-refractivity contribution in [1.29, 1.82) is 0 Å². The molecule has 6 heteroatoms. The van der Waals surface area contributed by atoms with Crippen LogP contribution in [0.2, 0.25) is 0 Å². The molecule has 2 fully saturated rings. The molecule has 4 aliphatic carbocycles. The van der Waals surface area contributed by atoms with Crippen molar-refractivity contribution in [1.82, 2.24) is 0 Å². The molecule has 0 heterocycles. The molecular weight excluding hydrogens is 408 g/mol. The molecular formula is C26H34O6. The molecule has 0 bridgehead atoms. The zero-order valence-corrected chi connectivity index (χ0v) is 19.9. The van der Waals surface area contributed by atoms with Crippen LogP contribution in [0.3, 0.4) is 0 Å². The van der Waals surface area contributed by atoms with E-state index in [9.17, 15) is 19.2 Å². The van der Waals surface area contributed by atoms with Gasteiger partial charge in [0, 0.05) is 31.1 Å². The van der Waals surface area contributed by atoms with Gasteiger partial charge in [0.1, 0.15) is 0 Å². The van der Waals surface area contributed by atoms with Crippen molar-refractivity contribution in [2.24, 2.45) is 28.6 Å². The minimum Gasteiger partial charge on any atom is -0.454 e. The van der Waals surface area contributed by atoms with Crippen LogP contribution in [0.5, 0.6) is 0 Å². The summed E-state index contributed by atoms with van der Waals surface area (Å²) in [4.78, 5) is 49.1. The number of allylic oxidation sites excluding steroid dienone is 3. The summed E-state index contributed by atoms with van der Waals surface area (Å²) in [7, 11) is 0. The summed E-state index contributed by atoms with van der Waals surface area (Å²) in [5.74, 6) is -0.401. The molecule has 7 atom stereocenters. The average molecular weight is 443 g/mol. The molecule has 6 nitrogen and oxygen atoms in total. The van der Waals surface area contributed by atoms with Crippen LogP contribution in [0.4, 0.5) is 0 Å². The van der Waals surface area contributed by atoms with E-state index in [1.54, 1.807) is 13.0 Å². The summed E-state index contributed by atoms with van der Waals surface area (Å²) in [5.41, 5.74) is 0.337. The van der Waals surface area contributed by atoms with E-state index in [1.807, 2.05) is 6.92 Å². The molecule has 174 valence electrons. The lowest BCUT2D eigenvalue weighted by molar-refractivity contribution is -0.185. The Balaban J connectivity index is 1.76. The van der Waals surface area contributed by atoms with Crippen molar-refractivity contribution < 1.29 is 28.7 Å². The maximum absolute atomic E-state index is 12.9. The molecule has 0 aromatic heterocycles. The van der Waals surface area contributed by atoms with Gasteiger partial charge in [0.05, 0.1) is 0 Å². The molecule has 0 N–H and O–H groups in total. The Morgan fingerprint density at radius 2 is 1.66 bits per heavy atom. The third kappa shape index (κ3) is 3.05. The SMILES string of the molecule is CC(=O)OC1CC2(C)C(=CC1=O)C(C)=CC1C2CCC2(C)C1CCC2(OC(C)=O)C(C)=O. The standard InChI is InChI=1S/C26H34O6/c1-14-11-18-19(24(5)13-23(31-16(3)28)22(30)12-21(14)24)7-9-25(6)20(18)8-10-26(25,15(2)27)32-17(4)29/h11-12,18-20,23H,7-10,13H2,1-6H3. The second-order valence-electron chi connectivity index (χ2n) is 10.8. The van der Waals surface area contributed by atoms with E-state index >= 15 is 0 Å². The Morgan fingerprint density at radius 3 is 2.25 bits per heavy atom. The van der Waals surface area contributed by atoms with Crippen LogP contribution in [-0.2, 0) is 28.7 Å². The normalized spacial score (nSPS) is 42.6. The molecule has 0 spiro atoms. The zero-order chi connectivity index (χ0) is 23.6. The summed E-state index contributed by atoms with van der Waals surface area (Å²) in [6.45, 7) is 10.6. The van der Waals surface area contributed by atoms with E-state index in [2.05, 4.69) is 19.9 Å². The first-order valence-electron chi connectivity index (χ1n) is 11.7. The predicted molar refractivity (Wildman–Crippen MR) is 117 cm³/mol. The maximum atomic E-state index is 12.9. The Labute approximate surface area is 189 Å². The number of ether oxygens (including phenoxy) is 2. The van der Waals surface area contributed by atoms with Crippen molar-refractivity contribution in [2.75, 3.05) is 0 Å². The number of rotatable bonds is 3. The van der Waals surface area contributed by atoms with Crippen LogP contribution in [0.25, 0.3) is 0 Å². The van der Waals surface area contributed by atoms with E-state index in [4.69, 9.17) is 9.47 Å². The van der Waals surface area contributed by atoms with Gasteiger partial charge in [0.2, 0.25) is 0 Å². The molecule has 0 aromatic carbocycles. The Kier molecular flexibility index (Phi) is 5.30. The third-order valence-electron chi connectivity index (χ3n) is 9.16. The number of fused-ring (bicyclic) bond motifs is 5. The third-order valence-corrected chi connectivity index (χ3v) is 9.16. The molecule has 0 saturated heterocycles. The molecule has 0 aliphatic heterocycles. The van der Waals surface area contributed by atoms with Gasteiger partial charge in [-0.1, -0.05) is 25.5 Å². The van der Waals surface area contributed by atoms with Gasteiger partial charge in [-0.2, -0.15) is 0 Å². The lowest BCUT2D eigenvalue weighted by atomic mass is 9.47. The number of hydrogen-bond donors (Lipinski definition) is 0. The Bertz CT molecular complexity index is 959. The van der Waals surface area contributed by atoms with Gasteiger partial charge in [-0.25, -0.2) is 0 Å². The van der Waals surface area contributed by atoms with Crippen molar-refractivity contribution in [3.05, 3.63) is 23.3 Å². The first kappa shape index (κ1) is 22.9. The summed E-state index contributed by atoms with van der Waals surface area (Å²) in [6.07, 6.45) is 6.68. The monoisotopic (exact) mass is 442 g/mol. The fourth-order valence-electron chi connectivity index (χ4n) is 7.82. The zero-order valence-electron chi connectivity index (χ0n) is 19.9. The van der Waals surface area contributed by atoms with Crippen LogP contribution in [-0.4, -0.2) is 35.2 Å². The molecule has 4 aliphatic rings. The number of Topliss-reactive ketones (excluding diaryl/α,β-unsaturated/α-hetero) is 1. The van der Waals surface area contributed by atoms with Crippen LogP contribution >= 0.6 is 0 Å². The van der Waals surface area contributed by atoms with E-state index < -0.39 is 29.1 Å². The van der Waals surface area contributed by atoms with Gasteiger partial charge in [-0.05, 0) is 68.9 Å². The number of esters is 2. The minimum atomic E-state index is -1.07. The predicted octanol–water partition coefficient (Wildman–Crippen LogP) is 4.12. The highest BCUT2D eigenvalue weighted by molar-refractivity contribution is 5.97. The van der Waals surface area contributed by atoms with Gasteiger partial charge in [0.15, 0.2) is 23.3 Å². The molecule has 0 amide bonds. The highest BCUT2D eigenvalue weighted by Crippen LogP contribution is 2.67. The highest BCUT2D eigenvalue weighted by Gasteiger charge is 2.67. The quantitative estimate of drug-likeness (QED) is 0.611. The molecule has 0 radical (unpaired) electrons. The summed E-state index contributed by atoms with van der Waals surface area (Å²) in [6, 6.07) is 0. The van der Waals surface area contributed by atoms with E-state index in [0.29, 0.717) is 12.8 Å². The molecule has 32 heavy (non-hydrogen) atoms. The number of ketones is 2. The van der Waals surface area contributed by atoms with Gasteiger partial charge < -0.3 is 9.47 Å². The van der Waals surface area contributed by atoms with Gasteiger partial charge >= 0.3 is 11.9 Å². The smallest absolute Gasteiger partial charge is 0.303 e. The summed E-state index contributed by atoms with van der Waals surface area (Å²) in [5, 5.41) is 0. The lowest BCUT2D eigenvalue weighted by Gasteiger charge is -2.58. The minimum absolute atomic E-state index is 0.0716. The average Bonchev–Trinajstić information content (AvgIpc) is 2.97. The highest BCUT2D eigenvalue weighted by atomic mass is 16.6. The Hall–Kier alpha value is -2.24. The fourth-order valence-corrected chi connectivity index (χ4v) is 7.82. The van der Waals surface area contributed by atoms with Gasteiger partial charge in [-0.3, -0.25) is 19.2 Å². The molecule has 2 saturated carbocycles. The summed E-state index contributed by atoms with van der Waals surface area (Å²) < 4.78 is 11.2. The summed E-state index contributed by atoms with van der Waals surface area (Å²) >= 11 is 0. The van der Waals surface area contributed by atoms with E-state index in [1.165, 1.54) is 13.8 Å². The van der Waals surface area contributed by atoms with E-state index in [0.717, 1.165) is 30.4 Å². The maximum Gasteiger partial charge on any atom is 0.303 e. The largest absolute Gasteiger partial charge is 0.454 e. The van der Waals surface area contributed by atoms with Crippen LogP contribution in [0.15, 0.2) is 23.3 Å². The van der Waals surface area contributed by atoms with Crippen LogP contribution in [0.1, 0.15) is 73.6 Å². The number of carbonyl (C=O) groups is 4. The van der Waals surface area contributed by atoms with Crippen molar-refractivity contribution in [2.45, 2.75) is 85.4 Å². The number of hydrogen-bond acceptors (Lipinski definition) is 6. The van der Waals surface area contributed by atoms with E-state index in [-0.39, 0.29) is 34.7 Å². The number of carbonyl (C=O) groups excluding carboxylic acids is 4. The van der Waals surface area contributed by atoms with Crippen LogP contribution in [0, 0.1) is 28.6 Å². The second-order valence-corrected chi connectivity index (χ2v) is 10.8. The van der Waals surface area contributed by atoms with Crippen molar-refractivity contribution in [3.63, 3.8) is 0 Å². The first-order valence-corrected chi connectivity index (χ1v) is 11.7. The van der Waals surface area contributed by atoms with Crippen molar-refractivity contribution >= 4 is 23.5 Å². The Morgan fingerprint density at radius 1 is 1.00 bits per heavy atom. The van der Waals surface area contributed by atoms with Crippen molar-refractivity contribution in [3.8, 4) is 0 Å². The fraction of sp³-hybridized carbons (Fsp3) is 0.692. The van der Waals surface area contributed by atoms with Gasteiger partial charge in [0.25, 0.3) is 0 Å².